The van der Waals surface area contributed by atoms with Gasteiger partial charge >= 0.3 is 0 Å². The molecule has 33 heavy (non-hydrogen) atoms. The van der Waals surface area contributed by atoms with Gasteiger partial charge in [-0.15, -0.1) is 0 Å². The maximum atomic E-state index is 13.4. The summed E-state index contributed by atoms with van der Waals surface area (Å²) in [6, 6.07) is 18.1. The number of amides is 2. The van der Waals surface area contributed by atoms with Gasteiger partial charge in [-0.05, 0) is 55.5 Å². The highest BCUT2D eigenvalue weighted by Gasteiger charge is 2.20. The van der Waals surface area contributed by atoms with Crippen LogP contribution in [0.3, 0.4) is 0 Å². The van der Waals surface area contributed by atoms with Crippen molar-refractivity contribution in [2.75, 3.05) is 12.4 Å². The van der Waals surface area contributed by atoms with E-state index in [1.54, 1.807) is 30.5 Å². The second kappa shape index (κ2) is 9.26. The number of rotatable bonds is 5. The van der Waals surface area contributed by atoms with Crippen molar-refractivity contribution in [1.29, 1.82) is 0 Å². The molecule has 2 N–H and O–H groups in total. The van der Waals surface area contributed by atoms with Crippen molar-refractivity contribution in [3.63, 3.8) is 0 Å². The van der Waals surface area contributed by atoms with Gasteiger partial charge < -0.3 is 10.6 Å². The number of nitrogens with zero attached hydrogens (tertiary/aromatic N) is 2. The number of hydrogen-bond acceptors (Lipinski definition) is 3. The zero-order valence-corrected chi connectivity index (χ0v) is 18.7. The van der Waals surface area contributed by atoms with Crippen LogP contribution in [0.4, 0.5) is 10.1 Å². The first-order valence-electron chi connectivity index (χ1n) is 10.1. The molecule has 1 heterocycles. The highest BCUT2D eigenvalue weighted by molar-refractivity contribution is 6.34. The van der Waals surface area contributed by atoms with Gasteiger partial charge in [-0.2, -0.15) is 5.10 Å². The molecular weight excluding hydrogens is 443 g/mol. The number of carbonyl (C=O) groups excluding carboxylic acids is 2. The second-order valence-corrected chi connectivity index (χ2v) is 7.82. The molecule has 0 unspecified atom stereocenters. The lowest BCUT2D eigenvalue weighted by Gasteiger charge is -2.09. The van der Waals surface area contributed by atoms with E-state index in [-0.39, 0.29) is 22.3 Å². The maximum absolute atomic E-state index is 13.4. The van der Waals surface area contributed by atoms with Crippen molar-refractivity contribution in [1.82, 2.24) is 15.1 Å². The summed E-state index contributed by atoms with van der Waals surface area (Å²) in [6.45, 7) is 1.95. The van der Waals surface area contributed by atoms with Gasteiger partial charge in [0, 0.05) is 24.5 Å². The second-order valence-electron chi connectivity index (χ2n) is 7.41. The molecular formula is C25H20ClFN4O2. The molecule has 8 heteroatoms. The van der Waals surface area contributed by atoms with Gasteiger partial charge in [0.1, 0.15) is 11.5 Å². The van der Waals surface area contributed by atoms with E-state index in [0.29, 0.717) is 22.6 Å². The molecule has 0 bridgehead atoms. The molecule has 1 aromatic heterocycles. The predicted molar refractivity (Wildman–Crippen MR) is 126 cm³/mol. The van der Waals surface area contributed by atoms with E-state index in [9.17, 15) is 14.0 Å². The number of nitrogens with one attached hydrogen (secondary N) is 2. The molecule has 0 spiro atoms. The number of benzene rings is 3. The smallest absolute Gasteiger partial charge is 0.259 e. The van der Waals surface area contributed by atoms with Gasteiger partial charge in [-0.25, -0.2) is 9.07 Å². The summed E-state index contributed by atoms with van der Waals surface area (Å²) in [6.07, 6.45) is 1.59. The monoisotopic (exact) mass is 462 g/mol. The van der Waals surface area contributed by atoms with Gasteiger partial charge in [-0.3, -0.25) is 9.59 Å². The summed E-state index contributed by atoms with van der Waals surface area (Å²) in [7, 11) is 1.50. The molecule has 6 nitrogen and oxygen atoms in total. The quantitative estimate of drug-likeness (QED) is 0.425. The van der Waals surface area contributed by atoms with Crippen molar-refractivity contribution in [2.24, 2.45) is 0 Å². The van der Waals surface area contributed by atoms with Crippen LogP contribution in [0.25, 0.3) is 16.9 Å². The Labute approximate surface area is 195 Å². The van der Waals surface area contributed by atoms with Crippen LogP contribution in [-0.2, 0) is 0 Å². The molecule has 0 atom stereocenters. The Hall–Kier alpha value is -3.97. The molecule has 0 radical (unpaired) electrons. The molecule has 4 rings (SSSR count). The fraction of sp³-hybridized carbons (Fsp3) is 0.0800. The number of hydrogen-bond donors (Lipinski definition) is 2. The predicted octanol–water partition coefficient (Wildman–Crippen LogP) is 5.25. The first-order valence-corrected chi connectivity index (χ1v) is 10.5. The van der Waals surface area contributed by atoms with E-state index >= 15 is 0 Å². The molecule has 0 fully saturated rings. The molecule has 4 aromatic rings. The van der Waals surface area contributed by atoms with Gasteiger partial charge in [0.05, 0.1) is 21.8 Å². The Balaban J connectivity index is 1.75. The van der Waals surface area contributed by atoms with Gasteiger partial charge in [0.2, 0.25) is 0 Å². The van der Waals surface area contributed by atoms with E-state index in [1.807, 2.05) is 31.2 Å². The van der Waals surface area contributed by atoms with Crippen molar-refractivity contribution >= 4 is 29.1 Å². The fourth-order valence-electron chi connectivity index (χ4n) is 3.38. The van der Waals surface area contributed by atoms with Crippen LogP contribution in [0.5, 0.6) is 0 Å². The largest absolute Gasteiger partial charge is 0.355 e. The minimum Gasteiger partial charge on any atom is -0.355 e. The van der Waals surface area contributed by atoms with E-state index in [2.05, 4.69) is 15.7 Å². The summed E-state index contributed by atoms with van der Waals surface area (Å²) in [4.78, 5) is 25.3. The van der Waals surface area contributed by atoms with Gasteiger partial charge in [-0.1, -0.05) is 35.4 Å². The lowest BCUT2D eigenvalue weighted by molar-refractivity contribution is 0.0961. The van der Waals surface area contributed by atoms with Gasteiger partial charge in [0.25, 0.3) is 11.8 Å². The maximum Gasteiger partial charge on any atom is 0.259 e. The van der Waals surface area contributed by atoms with Crippen LogP contribution in [0.15, 0.2) is 72.9 Å². The van der Waals surface area contributed by atoms with E-state index < -0.39 is 5.91 Å². The van der Waals surface area contributed by atoms with E-state index in [0.717, 1.165) is 11.1 Å². The molecule has 3 aromatic carbocycles. The van der Waals surface area contributed by atoms with Crippen molar-refractivity contribution in [3.05, 3.63) is 100 Å². The number of carbonyl (C=O) groups is 2. The van der Waals surface area contributed by atoms with Crippen molar-refractivity contribution in [2.45, 2.75) is 6.92 Å². The number of anilines is 1. The standard InChI is InChI=1S/C25H20ClFN4O2/c1-15-4-3-5-16(12-15)23-21(14-31(30-23)19-9-6-17(27)7-10-19)25(33)29-18-8-11-22(26)20(13-18)24(32)28-2/h3-14H,1-2H3,(H,28,32)(H,29,33). The van der Waals surface area contributed by atoms with Crippen molar-refractivity contribution in [3.8, 4) is 16.9 Å². The fourth-order valence-corrected chi connectivity index (χ4v) is 3.59. The van der Waals surface area contributed by atoms with E-state index in [1.165, 1.54) is 29.9 Å². The Morgan fingerprint density at radius 3 is 2.42 bits per heavy atom. The Morgan fingerprint density at radius 1 is 0.970 bits per heavy atom. The van der Waals surface area contributed by atoms with E-state index in [4.69, 9.17) is 11.6 Å². The Kier molecular flexibility index (Phi) is 6.24. The molecule has 2 amide bonds. The van der Waals surface area contributed by atoms with Crippen LogP contribution in [0.2, 0.25) is 5.02 Å². The number of aryl methyl sites for hydroxylation is 1. The molecule has 0 aliphatic rings. The van der Waals surface area contributed by atoms with Crippen LogP contribution >= 0.6 is 11.6 Å². The minimum atomic E-state index is -0.412. The SMILES string of the molecule is CNC(=O)c1cc(NC(=O)c2cn(-c3ccc(F)cc3)nc2-c2cccc(C)c2)ccc1Cl. The van der Waals surface area contributed by atoms with Crippen LogP contribution < -0.4 is 10.6 Å². The van der Waals surface area contributed by atoms with Gasteiger partial charge in [0.15, 0.2) is 0 Å². The third-order valence-corrected chi connectivity index (χ3v) is 5.37. The van der Waals surface area contributed by atoms with Crippen LogP contribution in [0, 0.1) is 12.7 Å². The topological polar surface area (TPSA) is 76.0 Å². The first kappa shape index (κ1) is 22.2. The lowest BCUT2D eigenvalue weighted by atomic mass is 10.1. The molecule has 0 saturated heterocycles. The highest BCUT2D eigenvalue weighted by atomic mass is 35.5. The summed E-state index contributed by atoms with van der Waals surface area (Å²) in [5.41, 5.74) is 3.84. The molecule has 166 valence electrons. The zero-order valence-electron chi connectivity index (χ0n) is 17.9. The Morgan fingerprint density at radius 2 is 1.73 bits per heavy atom. The highest BCUT2D eigenvalue weighted by Crippen LogP contribution is 2.27. The normalized spacial score (nSPS) is 10.7. The third kappa shape index (κ3) is 4.78. The van der Waals surface area contributed by atoms with Crippen LogP contribution in [-0.4, -0.2) is 28.6 Å². The molecule has 0 saturated carbocycles. The van der Waals surface area contributed by atoms with Crippen LogP contribution in [0.1, 0.15) is 26.3 Å². The number of aromatic nitrogens is 2. The first-order chi connectivity index (χ1) is 15.9. The summed E-state index contributed by atoms with van der Waals surface area (Å²) in [5.74, 6) is -1.14. The summed E-state index contributed by atoms with van der Waals surface area (Å²) < 4.78 is 14.9. The minimum absolute atomic E-state index is 0.248. The molecule has 0 aliphatic heterocycles. The zero-order chi connectivity index (χ0) is 23.5. The summed E-state index contributed by atoms with van der Waals surface area (Å²) in [5, 5.41) is 10.2. The average molecular weight is 463 g/mol. The molecule has 0 aliphatic carbocycles. The number of halogens is 2. The lowest BCUT2D eigenvalue weighted by Crippen LogP contribution is -2.19. The summed E-state index contributed by atoms with van der Waals surface area (Å²) >= 11 is 6.11. The Bertz CT molecular complexity index is 1350. The average Bonchev–Trinajstić information content (AvgIpc) is 3.26. The third-order valence-electron chi connectivity index (χ3n) is 5.04. The van der Waals surface area contributed by atoms with Crippen molar-refractivity contribution < 1.29 is 14.0 Å².